The van der Waals surface area contributed by atoms with Gasteiger partial charge >= 0.3 is 6.18 Å². The van der Waals surface area contributed by atoms with Gasteiger partial charge in [0.15, 0.2) is 0 Å². The van der Waals surface area contributed by atoms with Crippen LogP contribution in [0.1, 0.15) is 33.5 Å². The lowest BCUT2D eigenvalue weighted by atomic mass is 10.0. The summed E-state index contributed by atoms with van der Waals surface area (Å²) in [6.45, 7) is 1.37. The van der Waals surface area contributed by atoms with E-state index in [4.69, 9.17) is 10.5 Å². The Labute approximate surface area is 245 Å². The van der Waals surface area contributed by atoms with Crippen LogP contribution in [0.3, 0.4) is 0 Å². The van der Waals surface area contributed by atoms with Crippen molar-refractivity contribution >= 4 is 45.1 Å². The number of methoxy groups -OCH3 is 1. The Bertz CT molecular complexity index is 1460. The molecule has 0 fully saturated rings. The number of ether oxygens (including phenoxy) is 1. The van der Waals surface area contributed by atoms with Crippen LogP contribution in [0.2, 0.25) is 0 Å². The quantitative estimate of drug-likeness (QED) is 0.279. The van der Waals surface area contributed by atoms with Crippen LogP contribution in [0.5, 0.6) is 5.75 Å². The number of alkyl halides is 3. The molecule has 1 aliphatic rings. The Balaban J connectivity index is 1.71. The van der Waals surface area contributed by atoms with Gasteiger partial charge in [0.1, 0.15) is 5.75 Å². The summed E-state index contributed by atoms with van der Waals surface area (Å²) in [6.07, 6.45) is -2.17. The van der Waals surface area contributed by atoms with Crippen molar-refractivity contribution in [2.24, 2.45) is 10.7 Å². The molecule has 3 aromatic carbocycles. The zero-order valence-corrected chi connectivity index (χ0v) is 24.7. The van der Waals surface area contributed by atoms with E-state index < -0.39 is 23.4 Å². The fourth-order valence-electron chi connectivity index (χ4n) is 4.55. The van der Waals surface area contributed by atoms with Crippen LogP contribution >= 0.6 is 15.9 Å². The zero-order chi connectivity index (χ0) is 29.9. The van der Waals surface area contributed by atoms with E-state index in [1.807, 2.05) is 48.2 Å². The van der Waals surface area contributed by atoms with Crippen LogP contribution in [0.25, 0.3) is 0 Å². The van der Waals surface area contributed by atoms with Crippen molar-refractivity contribution in [2.75, 3.05) is 56.9 Å². The van der Waals surface area contributed by atoms with E-state index >= 15 is 0 Å². The highest BCUT2D eigenvalue weighted by atomic mass is 79.9. The third kappa shape index (κ3) is 6.83. The Morgan fingerprint density at radius 2 is 1.85 bits per heavy atom. The molecule has 1 aliphatic heterocycles. The number of carbonyl (C=O) groups excluding carboxylic acids is 1. The molecule has 0 saturated heterocycles. The summed E-state index contributed by atoms with van der Waals surface area (Å²) in [5.74, 6) is -1.88. The van der Waals surface area contributed by atoms with Gasteiger partial charge in [-0.25, -0.2) is 4.99 Å². The van der Waals surface area contributed by atoms with E-state index in [9.17, 15) is 18.0 Å². The second-order valence-electron chi connectivity index (χ2n) is 10.0. The molecule has 1 amide bonds. The van der Waals surface area contributed by atoms with Gasteiger partial charge in [0, 0.05) is 36.6 Å². The standard InChI is InChI=1S/C29H32BrF3N6O2/c1-38(2)12-7-13-39(3)25-11-10-19(28(31,32)33)16-24(25)36-27(40)21-14-20(15-22(30)26(21)41-4)29(34)35-17-18-8-5-6-9-23(18)37-29/h5-6,8-11,14-17,37H,7,12-13,34H2,1-4H3,(H,36,40). The summed E-state index contributed by atoms with van der Waals surface area (Å²) in [4.78, 5) is 22.0. The topological polar surface area (TPSA) is 95.2 Å². The fraction of sp³-hybridized carbons (Fsp3) is 0.310. The second kappa shape index (κ2) is 12.1. The van der Waals surface area contributed by atoms with Crippen molar-refractivity contribution in [1.82, 2.24) is 4.90 Å². The van der Waals surface area contributed by atoms with Gasteiger partial charge in [-0.1, -0.05) is 18.2 Å². The number of carbonyl (C=O) groups is 1. The molecule has 0 aromatic heterocycles. The average Bonchev–Trinajstić information content (AvgIpc) is 2.91. The maximum atomic E-state index is 13.7. The molecular formula is C29H32BrF3N6O2. The number of nitrogens with one attached hydrogen (secondary N) is 2. The zero-order valence-electron chi connectivity index (χ0n) is 23.1. The van der Waals surface area contributed by atoms with Crippen molar-refractivity contribution in [2.45, 2.75) is 18.4 Å². The molecule has 1 atom stereocenters. The number of fused-ring (bicyclic) bond motifs is 1. The number of hydrogen-bond donors (Lipinski definition) is 3. The highest BCUT2D eigenvalue weighted by Crippen LogP contribution is 2.39. The number of aliphatic imine (C=N–C) groups is 1. The average molecular weight is 634 g/mol. The number of anilines is 3. The number of amides is 1. The van der Waals surface area contributed by atoms with Gasteiger partial charge in [-0.15, -0.1) is 0 Å². The van der Waals surface area contributed by atoms with E-state index in [0.717, 1.165) is 36.3 Å². The molecule has 12 heteroatoms. The first-order valence-corrected chi connectivity index (χ1v) is 13.6. The van der Waals surface area contributed by atoms with Crippen molar-refractivity contribution in [3.8, 4) is 5.75 Å². The summed E-state index contributed by atoms with van der Waals surface area (Å²) in [6, 6.07) is 14.0. The lowest BCUT2D eigenvalue weighted by molar-refractivity contribution is -0.137. The third-order valence-electron chi connectivity index (χ3n) is 6.71. The first-order valence-electron chi connectivity index (χ1n) is 12.8. The lowest BCUT2D eigenvalue weighted by Gasteiger charge is -2.32. The fourth-order valence-corrected chi connectivity index (χ4v) is 5.17. The van der Waals surface area contributed by atoms with E-state index in [2.05, 4.69) is 31.6 Å². The van der Waals surface area contributed by atoms with Gasteiger partial charge < -0.3 is 25.2 Å². The molecule has 218 valence electrons. The van der Waals surface area contributed by atoms with Crippen molar-refractivity contribution in [1.29, 1.82) is 0 Å². The minimum atomic E-state index is -4.59. The molecule has 0 bridgehead atoms. The monoisotopic (exact) mass is 632 g/mol. The van der Waals surface area contributed by atoms with Crippen LogP contribution in [0.4, 0.5) is 30.2 Å². The highest BCUT2D eigenvalue weighted by molar-refractivity contribution is 9.10. The number of para-hydroxylation sites is 1. The number of hydrogen-bond acceptors (Lipinski definition) is 7. The maximum Gasteiger partial charge on any atom is 0.416 e. The summed E-state index contributed by atoms with van der Waals surface area (Å²) in [7, 11) is 7.06. The third-order valence-corrected chi connectivity index (χ3v) is 7.30. The Kier molecular flexibility index (Phi) is 8.95. The lowest BCUT2D eigenvalue weighted by Crippen LogP contribution is -2.45. The van der Waals surface area contributed by atoms with Crippen molar-refractivity contribution in [3.63, 3.8) is 0 Å². The molecule has 0 aliphatic carbocycles. The van der Waals surface area contributed by atoms with Gasteiger partial charge in [0.2, 0.25) is 5.79 Å². The van der Waals surface area contributed by atoms with Gasteiger partial charge in [-0.05, 0) is 79.4 Å². The number of benzene rings is 3. The van der Waals surface area contributed by atoms with E-state index in [1.165, 1.54) is 19.2 Å². The Morgan fingerprint density at radius 3 is 2.54 bits per heavy atom. The molecule has 0 saturated carbocycles. The largest absolute Gasteiger partial charge is 0.495 e. The van der Waals surface area contributed by atoms with Crippen LogP contribution in [-0.4, -0.2) is 58.4 Å². The SMILES string of the molecule is COc1c(Br)cc(C2(N)N=Cc3ccccc3N2)cc1C(=O)Nc1cc(C(F)(F)F)ccc1N(C)CCCN(C)C. The smallest absolute Gasteiger partial charge is 0.416 e. The summed E-state index contributed by atoms with van der Waals surface area (Å²) < 4.78 is 46.8. The molecule has 1 unspecified atom stereocenters. The van der Waals surface area contributed by atoms with Crippen LogP contribution in [0, 0.1) is 0 Å². The molecule has 3 aromatic rings. The molecule has 4 rings (SSSR count). The van der Waals surface area contributed by atoms with Crippen LogP contribution in [-0.2, 0) is 12.0 Å². The Hall–Kier alpha value is -3.61. The number of nitrogens with two attached hydrogens (primary N) is 1. The molecule has 0 radical (unpaired) electrons. The Morgan fingerprint density at radius 1 is 1.12 bits per heavy atom. The second-order valence-corrected chi connectivity index (χ2v) is 10.9. The summed E-state index contributed by atoms with van der Waals surface area (Å²) in [5.41, 5.74) is 8.35. The molecule has 41 heavy (non-hydrogen) atoms. The number of nitrogens with zero attached hydrogens (tertiary/aromatic N) is 3. The molecule has 1 heterocycles. The normalized spacial score (nSPS) is 16.2. The first kappa shape index (κ1) is 30.4. The first-order chi connectivity index (χ1) is 19.3. The maximum absolute atomic E-state index is 13.7. The van der Waals surface area contributed by atoms with Gasteiger partial charge in [0.25, 0.3) is 5.91 Å². The van der Waals surface area contributed by atoms with Crippen LogP contribution < -0.4 is 26.0 Å². The van der Waals surface area contributed by atoms with Gasteiger partial charge in [-0.2, -0.15) is 13.2 Å². The van der Waals surface area contributed by atoms with E-state index in [0.29, 0.717) is 22.3 Å². The summed E-state index contributed by atoms with van der Waals surface area (Å²) >= 11 is 3.45. The van der Waals surface area contributed by atoms with Crippen LogP contribution in [0.15, 0.2) is 64.1 Å². The minimum absolute atomic E-state index is 0.0194. The van der Waals surface area contributed by atoms with Gasteiger partial charge in [0.05, 0.1) is 34.1 Å². The molecule has 8 nitrogen and oxygen atoms in total. The van der Waals surface area contributed by atoms with E-state index in [-0.39, 0.29) is 17.0 Å². The van der Waals surface area contributed by atoms with Crippen molar-refractivity contribution in [3.05, 3.63) is 81.3 Å². The van der Waals surface area contributed by atoms with E-state index in [1.54, 1.807) is 19.3 Å². The molecular weight excluding hydrogens is 601 g/mol. The highest BCUT2D eigenvalue weighted by Gasteiger charge is 2.34. The molecule has 4 N–H and O–H groups in total. The van der Waals surface area contributed by atoms with Gasteiger partial charge in [-0.3, -0.25) is 10.5 Å². The minimum Gasteiger partial charge on any atom is -0.495 e. The molecule has 0 spiro atoms. The predicted octanol–water partition coefficient (Wildman–Crippen LogP) is 5.73. The predicted molar refractivity (Wildman–Crippen MR) is 160 cm³/mol. The summed E-state index contributed by atoms with van der Waals surface area (Å²) in [5, 5.41) is 5.89. The number of halogens is 4. The van der Waals surface area contributed by atoms with Crippen molar-refractivity contribution < 1.29 is 22.7 Å². The number of rotatable bonds is 9.